The molecular weight excluding hydrogens is 314 g/mol. The number of aryl methyl sites for hydroxylation is 1. The molecular formula is C20H25N3O2. The van der Waals surface area contributed by atoms with Gasteiger partial charge in [0.1, 0.15) is 5.75 Å². The lowest BCUT2D eigenvalue weighted by molar-refractivity contribution is -0.132. The third kappa shape index (κ3) is 3.99. The summed E-state index contributed by atoms with van der Waals surface area (Å²) in [5.41, 5.74) is 3.32. The largest absolute Gasteiger partial charge is 0.496 e. The molecule has 0 saturated carbocycles. The van der Waals surface area contributed by atoms with Gasteiger partial charge in [0.25, 0.3) is 0 Å². The third-order valence-corrected chi connectivity index (χ3v) is 4.79. The van der Waals surface area contributed by atoms with Gasteiger partial charge in [-0.2, -0.15) is 0 Å². The topological polar surface area (TPSA) is 45.7 Å². The number of para-hydroxylation sites is 1. The van der Waals surface area contributed by atoms with Crippen molar-refractivity contribution in [1.82, 2.24) is 14.8 Å². The Morgan fingerprint density at radius 3 is 2.72 bits per heavy atom. The van der Waals surface area contributed by atoms with E-state index >= 15 is 0 Å². The molecule has 0 aliphatic carbocycles. The van der Waals surface area contributed by atoms with Crippen LogP contribution < -0.4 is 4.74 Å². The number of methoxy groups -OCH3 is 1. The Labute approximate surface area is 149 Å². The summed E-state index contributed by atoms with van der Waals surface area (Å²) in [6.07, 6.45) is 1.94. The Morgan fingerprint density at radius 1 is 1.24 bits per heavy atom. The van der Waals surface area contributed by atoms with Gasteiger partial charge in [-0.05, 0) is 24.6 Å². The maximum Gasteiger partial charge on any atom is 0.219 e. The highest BCUT2D eigenvalue weighted by Crippen LogP contribution is 2.33. The second kappa shape index (κ2) is 7.66. The number of carbonyl (C=O) groups is 1. The number of piperazine rings is 1. The quantitative estimate of drug-likeness (QED) is 0.859. The fourth-order valence-corrected chi connectivity index (χ4v) is 3.36. The van der Waals surface area contributed by atoms with E-state index in [-0.39, 0.29) is 11.9 Å². The van der Waals surface area contributed by atoms with Gasteiger partial charge in [-0.1, -0.05) is 24.3 Å². The number of pyridine rings is 1. The molecule has 3 rings (SSSR count). The molecule has 132 valence electrons. The van der Waals surface area contributed by atoms with Crippen molar-refractivity contribution >= 4 is 5.91 Å². The summed E-state index contributed by atoms with van der Waals surface area (Å²) in [5, 5.41) is 0. The van der Waals surface area contributed by atoms with E-state index < -0.39 is 0 Å². The summed E-state index contributed by atoms with van der Waals surface area (Å²) in [6.45, 7) is 6.69. The van der Waals surface area contributed by atoms with Gasteiger partial charge in [0.05, 0.1) is 13.2 Å². The number of benzene rings is 1. The molecule has 2 aromatic rings. The van der Waals surface area contributed by atoms with Crippen molar-refractivity contribution < 1.29 is 9.53 Å². The van der Waals surface area contributed by atoms with Crippen LogP contribution in [-0.2, 0) is 11.3 Å². The molecule has 0 bridgehead atoms. The molecule has 1 atom stereocenters. The average molecular weight is 339 g/mol. The van der Waals surface area contributed by atoms with E-state index in [2.05, 4.69) is 22.0 Å². The zero-order valence-electron chi connectivity index (χ0n) is 15.1. The summed E-state index contributed by atoms with van der Waals surface area (Å²) in [7, 11) is 1.69. The SMILES string of the molecule is COc1ccccc1[C@H]1CN(C(C)=O)CCN1Cc1ccc(C)nc1. The van der Waals surface area contributed by atoms with Crippen LogP contribution in [-0.4, -0.2) is 47.4 Å². The molecule has 2 heterocycles. The van der Waals surface area contributed by atoms with E-state index in [9.17, 15) is 4.79 Å². The van der Waals surface area contributed by atoms with Crippen LogP contribution in [0.1, 0.15) is 29.8 Å². The summed E-state index contributed by atoms with van der Waals surface area (Å²) >= 11 is 0. The highest BCUT2D eigenvalue weighted by molar-refractivity contribution is 5.73. The van der Waals surface area contributed by atoms with Crippen molar-refractivity contribution in [1.29, 1.82) is 0 Å². The zero-order valence-corrected chi connectivity index (χ0v) is 15.1. The second-order valence-electron chi connectivity index (χ2n) is 6.50. The van der Waals surface area contributed by atoms with Crippen LogP contribution in [0.25, 0.3) is 0 Å². The molecule has 1 fully saturated rings. The van der Waals surface area contributed by atoms with Gasteiger partial charge >= 0.3 is 0 Å². The van der Waals surface area contributed by atoms with E-state index in [1.807, 2.05) is 42.3 Å². The Bertz CT molecular complexity index is 730. The molecule has 0 radical (unpaired) electrons. The predicted octanol–water partition coefficient (Wildman–Crippen LogP) is 2.80. The van der Waals surface area contributed by atoms with Gasteiger partial charge in [-0.15, -0.1) is 0 Å². The number of carbonyl (C=O) groups excluding carboxylic acids is 1. The molecule has 0 spiro atoms. The number of rotatable bonds is 4. The smallest absolute Gasteiger partial charge is 0.219 e. The number of hydrogen-bond acceptors (Lipinski definition) is 4. The van der Waals surface area contributed by atoms with Gasteiger partial charge in [0.15, 0.2) is 0 Å². The van der Waals surface area contributed by atoms with Crippen molar-refractivity contribution in [2.24, 2.45) is 0 Å². The maximum absolute atomic E-state index is 11.9. The molecule has 1 aliphatic rings. The van der Waals surface area contributed by atoms with E-state index in [1.54, 1.807) is 14.0 Å². The molecule has 1 aromatic carbocycles. The standard InChI is InChI=1S/C20H25N3O2/c1-15-8-9-17(12-21-15)13-23-11-10-22(16(2)24)14-19(23)18-6-4-5-7-20(18)25-3/h4-9,12,19H,10-11,13-14H2,1-3H3/t19-/m1/s1. The van der Waals surface area contributed by atoms with Crippen LogP contribution in [0.3, 0.4) is 0 Å². The van der Waals surface area contributed by atoms with Crippen molar-refractivity contribution in [2.75, 3.05) is 26.7 Å². The van der Waals surface area contributed by atoms with Crippen molar-refractivity contribution in [3.8, 4) is 5.75 Å². The summed E-state index contributed by atoms with van der Waals surface area (Å²) in [5.74, 6) is 0.987. The Morgan fingerprint density at radius 2 is 2.04 bits per heavy atom. The van der Waals surface area contributed by atoms with Crippen molar-refractivity contribution in [2.45, 2.75) is 26.4 Å². The van der Waals surface area contributed by atoms with Crippen LogP contribution >= 0.6 is 0 Å². The van der Waals surface area contributed by atoms with Gasteiger partial charge in [-0.3, -0.25) is 14.7 Å². The normalized spacial score (nSPS) is 18.2. The number of nitrogens with zero attached hydrogens (tertiary/aromatic N) is 3. The molecule has 0 N–H and O–H groups in total. The second-order valence-corrected chi connectivity index (χ2v) is 6.50. The predicted molar refractivity (Wildman–Crippen MR) is 97.4 cm³/mol. The van der Waals surface area contributed by atoms with Crippen molar-refractivity contribution in [3.63, 3.8) is 0 Å². The Kier molecular flexibility index (Phi) is 5.34. The lowest BCUT2D eigenvalue weighted by Gasteiger charge is -2.41. The first-order valence-electron chi connectivity index (χ1n) is 8.62. The number of aromatic nitrogens is 1. The number of hydrogen-bond donors (Lipinski definition) is 0. The van der Waals surface area contributed by atoms with Crippen LogP contribution in [0.4, 0.5) is 0 Å². The van der Waals surface area contributed by atoms with Gasteiger partial charge in [0, 0.05) is 50.6 Å². The molecule has 1 saturated heterocycles. The first-order chi connectivity index (χ1) is 12.1. The highest BCUT2D eigenvalue weighted by Gasteiger charge is 2.31. The minimum Gasteiger partial charge on any atom is -0.496 e. The maximum atomic E-state index is 11.9. The monoisotopic (exact) mass is 339 g/mol. The lowest BCUT2D eigenvalue weighted by Crippen LogP contribution is -2.49. The van der Waals surface area contributed by atoms with Crippen LogP contribution in [0.2, 0.25) is 0 Å². The van der Waals surface area contributed by atoms with Gasteiger partial charge < -0.3 is 9.64 Å². The van der Waals surface area contributed by atoms with E-state index in [1.165, 1.54) is 5.56 Å². The van der Waals surface area contributed by atoms with E-state index in [0.29, 0.717) is 6.54 Å². The minimum atomic E-state index is 0.107. The first kappa shape index (κ1) is 17.4. The first-order valence-corrected chi connectivity index (χ1v) is 8.62. The average Bonchev–Trinajstić information content (AvgIpc) is 2.63. The Balaban J connectivity index is 1.89. The molecule has 1 aliphatic heterocycles. The summed E-state index contributed by atoms with van der Waals surface area (Å²) in [6, 6.07) is 12.3. The molecule has 5 nitrogen and oxygen atoms in total. The summed E-state index contributed by atoms with van der Waals surface area (Å²) < 4.78 is 5.57. The Hall–Kier alpha value is -2.40. The third-order valence-electron chi connectivity index (χ3n) is 4.79. The molecule has 1 aromatic heterocycles. The molecule has 25 heavy (non-hydrogen) atoms. The fraction of sp³-hybridized carbons (Fsp3) is 0.400. The van der Waals surface area contributed by atoms with Gasteiger partial charge in [-0.25, -0.2) is 0 Å². The van der Waals surface area contributed by atoms with Crippen LogP contribution in [0.5, 0.6) is 5.75 Å². The van der Waals surface area contributed by atoms with Crippen LogP contribution in [0, 0.1) is 6.92 Å². The fourth-order valence-electron chi connectivity index (χ4n) is 3.36. The zero-order chi connectivity index (χ0) is 17.8. The molecule has 1 amide bonds. The molecule has 5 heteroatoms. The highest BCUT2D eigenvalue weighted by atomic mass is 16.5. The van der Waals surface area contributed by atoms with E-state index in [4.69, 9.17) is 4.74 Å². The summed E-state index contributed by atoms with van der Waals surface area (Å²) in [4.78, 5) is 20.6. The van der Waals surface area contributed by atoms with Gasteiger partial charge in [0.2, 0.25) is 5.91 Å². The lowest BCUT2D eigenvalue weighted by atomic mass is 10.00. The number of ether oxygens (including phenoxy) is 1. The van der Waals surface area contributed by atoms with Crippen molar-refractivity contribution in [3.05, 3.63) is 59.4 Å². The minimum absolute atomic E-state index is 0.107. The number of amides is 1. The van der Waals surface area contributed by atoms with E-state index in [0.717, 1.165) is 36.6 Å². The molecule has 0 unspecified atom stereocenters. The van der Waals surface area contributed by atoms with Crippen LogP contribution in [0.15, 0.2) is 42.6 Å².